The van der Waals surface area contributed by atoms with Crippen LogP contribution >= 0.6 is 0 Å². The second-order valence-electron chi connectivity index (χ2n) is 7.35. The van der Waals surface area contributed by atoms with Crippen LogP contribution in [0.1, 0.15) is 53.2 Å². The molecule has 0 aliphatic carbocycles. The maximum atomic E-state index is 12.7. The highest BCUT2D eigenvalue weighted by Gasteiger charge is 2.25. The Morgan fingerprint density at radius 2 is 1.90 bits per heavy atom. The lowest BCUT2D eigenvalue weighted by molar-refractivity contribution is -0.139. The molecule has 0 radical (unpaired) electrons. The molecule has 0 spiro atoms. The maximum absolute atomic E-state index is 12.7. The average Bonchev–Trinajstić information content (AvgIpc) is 3.05. The van der Waals surface area contributed by atoms with E-state index in [0.29, 0.717) is 23.6 Å². The van der Waals surface area contributed by atoms with Crippen molar-refractivity contribution in [3.8, 4) is 0 Å². The standard InChI is InChI=1S/C22H29N3O5/c1-7-14(3)25(11-19(26)23-18-10-8-9-13(2)15(18)4)20(27)12-29-22(28)21-16(5)24-30-17(21)6/h8-10,14H,7,11-12H2,1-6H3,(H,23,26)/t14-/m1/s1. The summed E-state index contributed by atoms with van der Waals surface area (Å²) < 4.78 is 10.1. The molecular formula is C22H29N3O5. The van der Waals surface area contributed by atoms with Gasteiger partial charge in [0.1, 0.15) is 17.9 Å². The number of nitrogens with one attached hydrogen (secondary N) is 1. The number of esters is 1. The first-order valence-electron chi connectivity index (χ1n) is 9.91. The minimum absolute atomic E-state index is 0.135. The number of ether oxygens (including phenoxy) is 1. The highest BCUT2D eigenvalue weighted by atomic mass is 16.5. The predicted molar refractivity (Wildman–Crippen MR) is 112 cm³/mol. The molecule has 0 aliphatic rings. The molecule has 2 aromatic rings. The Morgan fingerprint density at radius 1 is 1.20 bits per heavy atom. The summed E-state index contributed by atoms with van der Waals surface area (Å²) in [6, 6.07) is 5.46. The second kappa shape index (κ2) is 10.0. The van der Waals surface area contributed by atoms with Gasteiger partial charge in [0.25, 0.3) is 5.91 Å². The highest BCUT2D eigenvalue weighted by Crippen LogP contribution is 2.18. The molecule has 1 aromatic carbocycles. The molecule has 0 fully saturated rings. The summed E-state index contributed by atoms with van der Waals surface area (Å²) in [5.74, 6) is -1.10. The fourth-order valence-electron chi connectivity index (χ4n) is 3.00. The molecule has 1 aromatic heterocycles. The molecule has 0 saturated heterocycles. The van der Waals surface area contributed by atoms with Crippen LogP contribution in [-0.4, -0.2) is 47.0 Å². The molecule has 1 N–H and O–H groups in total. The Hall–Kier alpha value is -3.16. The van der Waals surface area contributed by atoms with E-state index in [4.69, 9.17) is 9.26 Å². The zero-order valence-electron chi connectivity index (χ0n) is 18.4. The monoisotopic (exact) mass is 415 g/mol. The van der Waals surface area contributed by atoms with Crippen molar-refractivity contribution in [3.05, 3.63) is 46.3 Å². The van der Waals surface area contributed by atoms with Gasteiger partial charge >= 0.3 is 5.97 Å². The van der Waals surface area contributed by atoms with Gasteiger partial charge < -0.3 is 19.5 Å². The van der Waals surface area contributed by atoms with E-state index >= 15 is 0 Å². The third-order valence-electron chi connectivity index (χ3n) is 5.20. The number of benzene rings is 1. The normalized spacial score (nSPS) is 11.7. The third kappa shape index (κ3) is 5.46. The fourth-order valence-corrected chi connectivity index (χ4v) is 3.00. The molecule has 0 bridgehead atoms. The van der Waals surface area contributed by atoms with Crippen molar-refractivity contribution >= 4 is 23.5 Å². The van der Waals surface area contributed by atoms with Crippen LogP contribution < -0.4 is 5.32 Å². The number of amides is 2. The fraction of sp³-hybridized carbons (Fsp3) is 0.455. The molecule has 30 heavy (non-hydrogen) atoms. The van der Waals surface area contributed by atoms with Crippen molar-refractivity contribution in [2.45, 2.75) is 54.0 Å². The lowest BCUT2D eigenvalue weighted by Gasteiger charge is -2.28. The highest BCUT2D eigenvalue weighted by molar-refractivity contribution is 5.96. The van der Waals surface area contributed by atoms with Crippen molar-refractivity contribution in [2.24, 2.45) is 0 Å². The summed E-state index contributed by atoms with van der Waals surface area (Å²) in [6.07, 6.45) is 0.653. The minimum Gasteiger partial charge on any atom is -0.452 e. The molecule has 0 saturated carbocycles. The van der Waals surface area contributed by atoms with E-state index in [1.807, 2.05) is 45.9 Å². The van der Waals surface area contributed by atoms with Crippen molar-refractivity contribution in [3.63, 3.8) is 0 Å². The number of rotatable bonds is 8. The first-order valence-corrected chi connectivity index (χ1v) is 9.91. The lowest BCUT2D eigenvalue weighted by Crippen LogP contribution is -2.45. The molecule has 8 nitrogen and oxygen atoms in total. The molecule has 0 unspecified atom stereocenters. The second-order valence-corrected chi connectivity index (χ2v) is 7.35. The number of anilines is 1. The first kappa shape index (κ1) is 23.1. The van der Waals surface area contributed by atoms with Gasteiger partial charge in [-0.3, -0.25) is 9.59 Å². The zero-order chi connectivity index (χ0) is 22.4. The SMILES string of the molecule is CC[C@@H](C)N(CC(=O)Nc1cccc(C)c1C)C(=O)COC(=O)c1c(C)noc1C. The maximum Gasteiger partial charge on any atom is 0.344 e. The number of hydrogen-bond acceptors (Lipinski definition) is 6. The predicted octanol–water partition coefficient (Wildman–Crippen LogP) is 3.33. The van der Waals surface area contributed by atoms with E-state index in [9.17, 15) is 14.4 Å². The van der Waals surface area contributed by atoms with Crippen LogP contribution in [0.2, 0.25) is 0 Å². The van der Waals surface area contributed by atoms with Gasteiger partial charge in [-0.2, -0.15) is 0 Å². The van der Waals surface area contributed by atoms with Gasteiger partial charge in [0, 0.05) is 11.7 Å². The van der Waals surface area contributed by atoms with E-state index in [-0.39, 0.29) is 24.1 Å². The number of nitrogens with zero attached hydrogens (tertiary/aromatic N) is 2. The van der Waals surface area contributed by atoms with Gasteiger partial charge in [0.15, 0.2) is 6.61 Å². The first-order chi connectivity index (χ1) is 14.1. The average molecular weight is 415 g/mol. The Bertz CT molecular complexity index is 915. The summed E-state index contributed by atoms with van der Waals surface area (Å²) >= 11 is 0. The van der Waals surface area contributed by atoms with Crippen LogP contribution in [-0.2, 0) is 14.3 Å². The topological polar surface area (TPSA) is 102 Å². The van der Waals surface area contributed by atoms with E-state index < -0.39 is 18.5 Å². The van der Waals surface area contributed by atoms with Gasteiger partial charge in [-0.1, -0.05) is 24.2 Å². The molecule has 8 heteroatoms. The van der Waals surface area contributed by atoms with E-state index in [1.54, 1.807) is 13.8 Å². The Labute approximate surface area is 176 Å². The summed E-state index contributed by atoms with van der Waals surface area (Å²) in [6.45, 7) is 10.3. The van der Waals surface area contributed by atoms with Crippen LogP contribution in [0.4, 0.5) is 5.69 Å². The molecule has 162 valence electrons. The van der Waals surface area contributed by atoms with Crippen molar-refractivity contribution in [2.75, 3.05) is 18.5 Å². The summed E-state index contributed by atoms with van der Waals surface area (Å²) in [5, 5.41) is 6.57. The Morgan fingerprint density at radius 3 is 2.50 bits per heavy atom. The summed E-state index contributed by atoms with van der Waals surface area (Å²) in [7, 11) is 0. The lowest BCUT2D eigenvalue weighted by atomic mass is 10.1. The number of carbonyl (C=O) groups is 3. The number of carbonyl (C=O) groups excluding carboxylic acids is 3. The Balaban J connectivity index is 2.03. The van der Waals surface area contributed by atoms with Crippen molar-refractivity contribution in [1.29, 1.82) is 0 Å². The molecule has 1 heterocycles. The number of aromatic nitrogens is 1. The Kier molecular flexibility index (Phi) is 7.74. The summed E-state index contributed by atoms with van der Waals surface area (Å²) in [5.41, 5.74) is 3.36. The molecule has 1 atom stereocenters. The van der Waals surface area contributed by atoms with Gasteiger partial charge in [0.05, 0.1) is 5.69 Å². The van der Waals surface area contributed by atoms with Crippen LogP contribution in [0.15, 0.2) is 22.7 Å². The third-order valence-corrected chi connectivity index (χ3v) is 5.20. The largest absolute Gasteiger partial charge is 0.452 e. The van der Waals surface area contributed by atoms with Crippen molar-refractivity contribution < 1.29 is 23.6 Å². The molecule has 2 amide bonds. The van der Waals surface area contributed by atoms with E-state index in [1.165, 1.54) is 4.90 Å². The summed E-state index contributed by atoms with van der Waals surface area (Å²) in [4.78, 5) is 39.0. The van der Waals surface area contributed by atoms with Crippen LogP contribution in [0.25, 0.3) is 0 Å². The van der Waals surface area contributed by atoms with Crippen LogP contribution in [0.3, 0.4) is 0 Å². The van der Waals surface area contributed by atoms with Gasteiger partial charge in [-0.05, 0) is 58.2 Å². The van der Waals surface area contributed by atoms with Crippen molar-refractivity contribution in [1.82, 2.24) is 10.1 Å². The quantitative estimate of drug-likeness (QED) is 0.664. The minimum atomic E-state index is -0.677. The van der Waals surface area contributed by atoms with E-state index in [0.717, 1.165) is 11.1 Å². The van der Waals surface area contributed by atoms with E-state index in [2.05, 4.69) is 10.5 Å². The number of aryl methyl sites for hydroxylation is 3. The van der Waals surface area contributed by atoms with Gasteiger partial charge in [-0.15, -0.1) is 0 Å². The smallest absolute Gasteiger partial charge is 0.344 e. The molecular weight excluding hydrogens is 386 g/mol. The van der Waals surface area contributed by atoms with Crippen LogP contribution in [0.5, 0.6) is 0 Å². The molecule has 0 aliphatic heterocycles. The zero-order valence-corrected chi connectivity index (χ0v) is 18.4. The van der Waals surface area contributed by atoms with Gasteiger partial charge in [-0.25, -0.2) is 4.79 Å². The van der Waals surface area contributed by atoms with Gasteiger partial charge in [0.2, 0.25) is 5.91 Å². The van der Waals surface area contributed by atoms with Crippen LogP contribution in [0, 0.1) is 27.7 Å². The number of hydrogen-bond donors (Lipinski definition) is 1. The molecule has 2 rings (SSSR count).